The first-order valence-corrected chi connectivity index (χ1v) is 10.3. The van der Waals surface area contributed by atoms with Gasteiger partial charge in [0.25, 0.3) is 5.91 Å². The number of carbonyl (C=O) groups excluding carboxylic acids is 1. The van der Waals surface area contributed by atoms with Crippen molar-refractivity contribution in [3.05, 3.63) is 40.3 Å². The molecule has 7 heteroatoms. The zero-order chi connectivity index (χ0) is 18.8. The molecular formula is C20H25N3O3S. The molecule has 2 aliphatic heterocycles. The molecule has 2 saturated heterocycles. The van der Waals surface area contributed by atoms with E-state index < -0.39 is 0 Å². The third-order valence-corrected chi connectivity index (χ3v) is 6.22. The molecule has 2 unspecified atom stereocenters. The van der Waals surface area contributed by atoms with E-state index in [1.165, 1.54) is 24.2 Å². The number of carbonyl (C=O) groups is 1. The van der Waals surface area contributed by atoms with Gasteiger partial charge in [-0.05, 0) is 43.9 Å². The van der Waals surface area contributed by atoms with E-state index in [-0.39, 0.29) is 5.91 Å². The van der Waals surface area contributed by atoms with Crippen molar-refractivity contribution in [2.75, 3.05) is 14.2 Å². The first-order valence-electron chi connectivity index (χ1n) is 9.35. The molecule has 3 heterocycles. The molecule has 4 rings (SSSR count). The highest BCUT2D eigenvalue weighted by Crippen LogP contribution is 2.32. The number of nitrogens with zero attached hydrogens (tertiary/aromatic N) is 2. The van der Waals surface area contributed by atoms with Crippen LogP contribution in [0.1, 0.15) is 41.7 Å². The fourth-order valence-corrected chi connectivity index (χ4v) is 4.64. The molecule has 2 atom stereocenters. The van der Waals surface area contributed by atoms with Crippen LogP contribution in [0.3, 0.4) is 0 Å². The minimum Gasteiger partial charge on any atom is -0.493 e. The monoisotopic (exact) mass is 387 g/mol. The van der Waals surface area contributed by atoms with E-state index in [2.05, 4.69) is 10.3 Å². The molecule has 1 amide bonds. The predicted octanol–water partition coefficient (Wildman–Crippen LogP) is 3.09. The van der Waals surface area contributed by atoms with Gasteiger partial charge in [-0.2, -0.15) is 0 Å². The quantitative estimate of drug-likeness (QED) is 0.825. The fourth-order valence-electron chi connectivity index (χ4n) is 4.09. The van der Waals surface area contributed by atoms with Crippen LogP contribution < -0.4 is 14.8 Å². The van der Waals surface area contributed by atoms with E-state index in [9.17, 15) is 4.79 Å². The molecule has 144 valence electrons. The minimum absolute atomic E-state index is 0.0330. The summed E-state index contributed by atoms with van der Waals surface area (Å²) in [6.07, 6.45) is 4.51. The van der Waals surface area contributed by atoms with Gasteiger partial charge in [-0.25, -0.2) is 4.98 Å². The average Bonchev–Trinajstić information content (AvgIpc) is 3.34. The van der Waals surface area contributed by atoms with Crippen molar-refractivity contribution < 1.29 is 14.3 Å². The standard InChI is InChI=1S/C20H25N3O3S/c1-23(17-8-14-4-5-15(9-17)22-14)20(24)13-3-6-18(19(7-13)25-2)26-10-16-11-27-12-21-16/h3,6-7,11-12,14-15,17,22H,4-5,8-10H2,1-2H3. The van der Waals surface area contributed by atoms with Crippen LogP contribution in [0, 0.1) is 0 Å². The number of hydrogen-bond donors (Lipinski definition) is 1. The summed E-state index contributed by atoms with van der Waals surface area (Å²) >= 11 is 1.54. The lowest BCUT2D eigenvalue weighted by atomic mass is 9.98. The molecule has 6 nitrogen and oxygen atoms in total. The van der Waals surface area contributed by atoms with Crippen LogP contribution in [0.25, 0.3) is 0 Å². The Kier molecular flexibility index (Phi) is 5.31. The molecule has 1 aromatic heterocycles. The van der Waals surface area contributed by atoms with Crippen molar-refractivity contribution in [3.63, 3.8) is 0 Å². The van der Waals surface area contributed by atoms with E-state index >= 15 is 0 Å². The zero-order valence-electron chi connectivity index (χ0n) is 15.7. The molecule has 2 fully saturated rings. The summed E-state index contributed by atoms with van der Waals surface area (Å²) in [5, 5.41) is 5.58. The van der Waals surface area contributed by atoms with Crippen molar-refractivity contribution in [1.82, 2.24) is 15.2 Å². The Labute approximate surface area is 163 Å². The molecule has 27 heavy (non-hydrogen) atoms. The molecule has 0 saturated carbocycles. The number of aromatic nitrogens is 1. The van der Waals surface area contributed by atoms with Gasteiger partial charge in [-0.1, -0.05) is 0 Å². The number of hydrogen-bond acceptors (Lipinski definition) is 6. The van der Waals surface area contributed by atoms with Crippen molar-refractivity contribution in [2.45, 2.75) is 50.4 Å². The molecular weight excluding hydrogens is 362 g/mol. The van der Waals surface area contributed by atoms with Crippen LogP contribution in [0.15, 0.2) is 29.1 Å². The minimum atomic E-state index is 0.0330. The van der Waals surface area contributed by atoms with Crippen LogP contribution in [0.2, 0.25) is 0 Å². The number of ether oxygens (including phenoxy) is 2. The van der Waals surface area contributed by atoms with Gasteiger partial charge in [0, 0.05) is 36.1 Å². The number of benzene rings is 1. The Bertz CT molecular complexity index is 784. The number of piperidine rings is 1. The lowest BCUT2D eigenvalue weighted by molar-refractivity contribution is 0.0681. The smallest absolute Gasteiger partial charge is 0.253 e. The first kappa shape index (κ1) is 18.3. The Morgan fingerprint density at radius 1 is 1.30 bits per heavy atom. The highest BCUT2D eigenvalue weighted by molar-refractivity contribution is 7.07. The Morgan fingerprint density at radius 2 is 2.07 bits per heavy atom. The third-order valence-electron chi connectivity index (χ3n) is 5.59. The van der Waals surface area contributed by atoms with Gasteiger partial charge in [0.05, 0.1) is 18.3 Å². The maximum Gasteiger partial charge on any atom is 0.253 e. The summed E-state index contributed by atoms with van der Waals surface area (Å²) in [5.74, 6) is 1.21. The van der Waals surface area contributed by atoms with Gasteiger partial charge >= 0.3 is 0 Å². The van der Waals surface area contributed by atoms with Crippen molar-refractivity contribution in [2.24, 2.45) is 0 Å². The number of thiazole rings is 1. The highest BCUT2D eigenvalue weighted by Gasteiger charge is 2.36. The van der Waals surface area contributed by atoms with Gasteiger partial charge in [0.15, 0.2) is 11.5 Å². The molecule has 0 aliphatic carbocycles. The SMILES string of the molecule is COc1cc(C(=O)N(C)C2CC3CCC(C2)N3)ccc1OCc1cscn1. The maximum absolute atomic E-state index is 13.0. The number of fused-ring (bicyclic) bond motifs is 2. The second kappa shape index (κ2) is 7.86. The van der Waals surface area contributed by atoms with Crippen LogP contribution in [0.5, 0.6) is 11.5 Å². The molecule has 2 bridgehead atoms. The van der Waals surface area contributed by atoms with Crippen LogP contribution >= 0.6 is 11.3 Å². The second-order valence-electron chi connectivity index (χ2n) is 7.31. The van der Waals surface area contributed by atoms with Gasteiger partial charge < -0.3 is 19.7 Å². The molecule has 2 aromatic rings. The van der Waals surface area contributed by atoms with E-state index in [0.29, 0.717) is 41.8 Å². The normalized spacial score (nSPS) is 23.9. The summed E-state index contributed by atoms with van der Waals surface area (Å²) in [6.45, 7) is 0.380. The molecule has 1 N–H and O–H groups in total. The molecule has 2 aliphatic rings. The second-order valence-corrected chi connectivity index (χ2v) is 8.03. The Balaban J connectivity index is 1.45. The average molecular weight is 388 g/mol. The van der Waals surface area contributed by atoms with E-state index in [4.69, 9.17) is 9.47 Å². The topological polar surface area (TPSA) is 63.7 Å². The lowest BCUT2D eigenvalue weighted by Crippen LogP contribution is -2.48. The summed E-state index contributed by atoms with van der Waals surface area (Å²) < 4.78 is 11.3. The Morgan fingerprint density at radius 3 is 2.74 bits per heavy atom. The first-order chi connectivity index (χ1) is 13.1. The van der Waals surface area contributed by atoms with Crippen molar-refractivity contribution >= 4 is 17.2 Å². The van der Waals surface area contributed by atoms with Gasteiger partial charge in [-0.15, -0.1) is 11.3 Å². The summed E-state index contributed by atoms with van der Waals surface area (Å²) in [5.41, 5.74) is 3.28. The highest BCUT2D eigenvalue weighted by atomic mass is 32.1. The van der Waals surface area contributed by atoms with Gasteiger partial charge in [-0.3, -0.25) is 4.79 Å². The van der Waals surface area contributed by atoms with Gasteiger partial charge in [0.1, 0.15) is 6.61 Å². The lowest BCUT2D eigenvalue weighted by Gasteiger charge is -2.35. The molecule has 0 spiro atoms. The van der Waals surface area contributed by atoms with Crippen LogP contribution in [-0.2, 0) is 6.61 Å². The number of methoxy groups -OCH3 is 1. The predicted molar refractivity (Wildman–Crippen MR) is 105 cm³/mol. The number of amides is 1. The van der Waals surface area contributed by atoms with Crippen LogP contribution in [-0.4, -0.2) is 48.1 Å². The van der Waals surface area contributed by atoms with Gasteiger partial charge in [0.2, 0.25) is 0 Å². The van der Waals surface area contributed by atoms with E-state index in [1.807, 2.05) is 23.4 Å². The fraction of sp³-hybridized carbons (Fsp3) is 0.500. The van der Waals surface area contributed by atoms with Crippen LogP contribution in [0.4, 0.5) is 0 Å². The number of rotatable bonds is 6. The third kappa shape index (κ3) is 3.94. The summed E-state index contributed by atoms with van der Waals surface area (Å²) in [7, 11) is 3.50. The van der Waals surface area contributed by atoms with Crippen molar-refractivity contribution in [3.8, 4) is 11.5 Å². The number of nitrogens with one attached hydrogen (secondary N) is 1. The van der Waals surface area contributed by atoms with E-state index in [0.717, 1.165) is 18.5 Å². The van der Waals surface area contributed by atoms with Crippen molar-refractivity contribution in [1.29, 1.82) is 0 Å². The zero-order valence-corrected chi connectivity index (χ0v) is 16.5. The largest absolute Gasteiger partial charge is 0.493 e. The maximum atomic E-state index is 13.0. The Hall–Kier alpha value is -2.12. The molecule has 1 aromatic carbocycles. The summed E-state index contributed by atoms with van der Waals surface area (Å²) in [6, 6.07) is 6.79. The summed E-state index contributed by atoms with van der Waals surface area (Å²) in [4.78, 5) is 19.1. The molecule has 0 radical (unpaired) electrons. The van der Waals surface area contributed by atoms with E-state index in [1.54, 1.807) is 24.8 Å².